The second-order valence-electron chi connectivity index (χ2n) is 4.71. The van der Waals surface area contributed by atoms with Gasteiger partial charge in [0.15, 0.2) is 0 Å². The first-order chi connectivity index (χ1) is 11.0. The Labute approximate surface area is 133 Å². The van der Waals surface area contributed by atoms with E-state index in [9.17, 15) is 13.2 Å². The van der Waals surface area contributed by atoms with Gasteiger partial charge in [-0.25, -0.2) is 0 Å². The van der Waals surface area contributed by atoms with Gasteiger partial charge in [-0.1, -0.05) is 23.4 Å². The van der Waals surface area contributed by atoms with Crippen molar-refractivity contribution in [3.8, 4) is 22.2 Å². The summed E-state index contributed by atoms with van der Waals surface area (Å²) in [7, 11) is 0. The summed E-state index contributed by atoms with van der Waals surface area (Å²) in [5, 5.41) is 5.81. The third-order valence-electron chi connectivity index (χ3n) is 2.88. The summed E-state index contributed by atoms with van der Waals surface area (Å²) in [5.74, 6) is 0.791. The molecule has 0 aliphatic rings. The first-order valence-electron chi connectivity index (χ1n) is 6.63. The van der Waals surface area contributed by atoms with E-state index in [1.165, 1.54) is 11.3 Å². The number of aromatic nitrogens is 2. The molecule has 23 heavy (non-hydrogen) atoms. The third kappa shape index (κ3) is 4.17. The Morgan fingerprint density at radius 1 is 1.17 bits per heavy atom. The number of halogens is 3. The Bertz CT molecular complexity index is 769. The minimum absolute atomic E-state index is 0.140. The molecule has 120 valence electrons. The summed E-state index contributed by atoms with van der Waals surface area (Å²) in [6.07, 6.45) is -4.33. The summed E-state index contributed by atoms with van der Waals surface area (Å²) in [6, 6.07) is 10.6. The summed E-state index contributed by atoms with van der Waals surface area (Å²) < 4.78 is 46.1. The minimum atomic E-state index is -4.33. The first kappa shape index (κ1) is 15.7. The average molecular weight is 340 g/mol. The van der Waals surface area contributed by atoms with E-state index in [1.54, 1.807) is 24.3 Å². The maximum atomic E-state index is 12.1. The molecule has 0 amide bonds. The van der Waals surface area contributed by atoms with Gasteiger partial charge in [0.25, 0.3) is 5.89 Å². The monoisotopic (exact) mass is 340 g/mol. The van der Waals surface area contributed by atoms with E-state index >= 15 is 0 Å². The van der Waals surface area contributed by atoms with Crippen LogP contribution in [-0.4, -0.2) is 22.9 Å². The topological polar surface area (TPSA) is 48.2 Å². The fourth-order valence-electron chi connectivity index (χ4n) is 1.93. The van der Waals surface area contributed by atoms with Crippen LogP contribution in [-0.2, 0) is 11.3 Å². The van der Waals surface area contributed by atoms with Gasteiger partial charge in [0.1, 0.15) is 6.61 Å². The Morgan fingerprint density at radius 2 is 2.04 bits per heavy atom. The molecule has 4 nitrogen and oxygen atoms in total. The van der Waals surface area contributed by atoms with E-state index in [4.69, 9.17) is 4.52 Å². The lowest BCUT2D eigenvalue weighted by molar-refractivity contribution is -0.176. The third-order valence-corrected chi connectivity index (χ3v) is 3.74. The molecule has 0 fully saturated rings. The number of hydrogen-bond donors (Lipinski definition) is 0. The molecule has 0 radical (unpaired) electrons. The fourth-order valence-corrected chi connectivity index (χ4v) is 2.57. The molecule has 0 saturated heterocycles. The molecule has 0 atom stereocenters. The van der Waals surface area contributed by atoms with Crippen LogP contribution in [0.15, 0.2) is 46.3 Å². The van der Waals surface area contributed by atoms with Crippen LogP contribution in [0, 0.1) is 0 Å². The normalized spacial score (nSPS) is 11.8. The highest BCUT2D eigenvalue weighted by molar-refractivity contribution is 7.13. The number of nitrogens with zero attached hydrogens (tertiary/aromatic N) is 2. The van der Waals surface area contributed by atoms with E-state index in [-0.39, 0.29) is 6.61 Å². The van der Waals surface area contributed by atoms with Gasteiger partial charge in [0.2, 0.25) is 5.82 Å². The van der Waals surface area contributed by atoms with Gasteiger partial charge in [0.05, 0.1) is 11.5 Å². The number of thiophene rings is 1. The Balaban J connectivity index is 1.72. The highest BCUT2D eigenvalue weighted by Crippen LogP contribution is 2.26. The van der Waals surface area contributed by atoms with Crippen molar-refractivity contribution in [3.63, 3.8) is 0 Å². The van der Waals surface area contributed by atoms with E-state index < -0.39 is 12.8 Å². The number of benzene rings is 1. The molecule has 3 aromatic rings. The quantitative estimate of drug-likeness (QED) is 0.684. The highest BCUT2D eigenvalue weighted by atomic mass is 32.1. The van der Waals surface area contributed by atoms with Crippen molar-refractivity contribution >= 4 is 11.3 Å². The molecule has 0 spiro atoms. The predicted octanol–water partition coefficient (Wildman–Crippen LogP) is 4.54. The van der Waals surface area contributed by atoms with Crippen LogP contribution in [0.4, 0.5) is 13.2 Å². The van der Waals surface area contributed by atoms with E-state index in [2.05, 4.69) is 14.9 Å². The van der Waals surface area contributed by atoms with Crippen molar-refractivity contribution < 1.29 is 22.4 Å². The lowest BCUT2D eigenvalue weighted by Gasteiger charge is -2.07. The van der Waals surface area contributed by atoms with Crippen LogP contribution in [0.25, 0.3) is 22.2 Å². The van der Waals surface area contributed by atoms with Crippen LogP contribution in [0.5, 0.6) is 0 Å². The van der Waals surface area contributed by atoms with Crippen LogP contribution >= 0.6 is 11.3 Å². The van der Waals surface area contributed by atoms with Crippen molar-refractivity contribution in [2.75, 3.05) is 6.61 Å². The smallest absolute Gasteiger partial charge is 0.367 e. The van der Waals surface area contributed by atoms with Crippen LogP contribution in [0.1, 0.15) is 5.56 Å². The Morgan fingerprint density at radius 3 is 2.78 bits per heavy atom. The maximum absolute atomic E-state index is 12.1. The molecule has 3 rings (SSSR count). The summed E-state index contributed by atoms with van der Waals surface area (Å²) in [4.78, 5) is 5.17. The average Bonchev–Trinajstić information content (AvgIpc) is 3.17. The molecule has 2 aromatic heterocycles. The largest absolute Gasteiger partial charge is 0.411 e. The zero-order chi connectivity index (χ0) is 16.3. The van der Waals surface area contributed by atoms with E-state index in [0.717, 1.165) is 4.88 Å². The summed E-state index contributed by atoms with van der Waals surface area (Å²) in [5.41, 5.74) is 1.23. The fraction of sp³-hybridized carbons (Fsp3) is 0.200. The van der Waals surface area contributed by atoms with Gasteiger partial charge < -0.3 is 9.26 Å². The highest BCUT2D eigenvalue weighted by Gasteiger charge is 2.27. The SMILES string of the molecule is FC(F)(F)COCc1cccc(-c2nc(-c3cccs3)no2)c1. The zero-order valence-electron chi connectivity index (χ0n) is 11.7. The van der Waals surface area contributed by atoms with Crippen molar-refractivity contribution in [3.05, 3.63) is 47.3 Å². The van der Waals surface area contributed by atoms with E-state index in [0.29, 0.717) is 22.8 Å². The molecule has 0 N–H and O–H groups in total. The number of rotatable bonds is 5. The van der Waals surface area contributed by atoms with Crippen LogP contribution < -0.4 is 0 Å². The number of alkyl halides is 3. The second-order valence-corrected chi connectivity index (χ2v) is 5.66. The van der Waals surface area contributed by atoms with Crippen molar-refractivity contribution in [1.82, 2.24) is 10.1 Å². The van der Waals surface area contributed by atoms with Gasteiger partial charge in [-0.3, -0.25) is 0 Å². The lowest BCUT2D eigenvalue weighted by atomic mass is 10.1. The standard InChI is InChI=1S/C15H11F3N2O2S/c16-15(17,18)9-21-8-10-3-1-4-11(7-10)14-19-13(20-22-14)12-5-2-6-23-12/h1-7H,8-9H2. The molecule has 2 heterocycles. The predicted molar refractivity (Wildman–Crippen MR) is 78.8 cm³/mol. The maximum Gasteiger partial charge on any atom is 0.411 e. The molecule has 0 bridgehead atoms. The zero-order valence-corrected chi connectivity index (χ0v) is 12.5. The molecular formula is C15H11F3N2O2S. The molecule has 0 unspecified atom stereocenters. The molecule has 0 aliphatic heterocycles. The van der Waals surface area contributed by atoms with E-state index in [1.807, 2.05) is 17.5 Å². The molecular weight excluding hydrogens is 329 g/mol. The number of ether oxygens (including phenoxy) is 1. The summed E-state index contributed by atoms with van der Waals surface area (Å²) >= 11 is 1.49. The minimum Gasteiger partial charge on any atom is -0.367 e. The Kier molecular flexibility index (Phi) is 4.44. The second kappa shape index (κ2) is 6.51. The lowest BCUT2D eigenvalue weighted by Crippen LogP contribution is -2.16. The number of hydrogen-bond acceptors (Lipinski definition) is 5. The Hall–Kier alpha value is -2.19. The van der Waals surface area contributed by atoms with Crippen molar-refractivity contribution in [1.29, 1.82) is 0 Å². The van der Waals surface area contributed by atoms with Gasteiger partial charge in [-0.15, -0.1) is 11.3 Å². The summed E-state index contributed by atoms with van der Waals surface area (Å²) in [6.45, 7) is -1.42. The van der Waals surface area contributed by atoms with Crippen molar-refractivity contribution in [2.45, 2.75) is 12.8 Å². The first-order valence-corrected chi connectivity index (χ1v) is 7.51. The molecule has 0 aliphatic carbocycles. The van der Waals surface area contributed by atoms with Gasteiger partial charge in [0, 0.05) is 5.56 Å². The van der Waals surface area contributed by atoms with Gasteiger partial charge in [-0.2, -0.15) is 18.2 Å². The van der Waals surface area contributed by atoms with Crippen LogP contribution in [0.2, 0.25) is 0 Å². The van der Waals surface area contributed by atoms with Crippen LogP contribution in [0.3, 0.4) is 0 Å². The molecule has 0 saturated carbocycles. The van der Waals surface area contributed by atoms with Crippen molar-refractivity contribution in [2.24, 2.45) is 0 Å². The van der Waals surface area contributed by atoms with Gasteiger partial charge >= 0.3 is 6.18 Å². The molecule has 8 heteroatoms. The van der Waals surface area contributed by atoms with Gasteiger partial charge in [-0.05, 0) is 29.1 Å². The molecule has 1 aromatic carbocycles.